The summed E-state index contributed by atoms with van der Waals surface area (Å²) in [5, 5.41) is 17.1. The summed E-state index contributed by atoms with van der Waals surface area (Å²) in [6, 6.07) is -1.32. The molecule has 13 heavy (non-hydrogen) atoms. The normalized spacial score (nSPS) is 22.2. The van der Waals surface area contributed by atoms with Gasteiger partial charge in [-0.2, -0.15) is 0 Å². The van der Waals surface area contributed by atoms with Crippen LogP contribution in [0.15, 0.2) is 12.2 Å². The lowest BCUT2D eigenvalue weighted by molar-refractivity contribution is -0.144. The lowest BCUT2D eigenvalue weighted by Gasteiger charge is -2.14. The maximum absolute atomic E-state index is 11.0. The molecule has 0 unspecified atom stereocenters. The van der Waals surface area contributed by atoms with E-state index in [9.17, 15) is 14.4 Å². The highest BCUT2D eigenvalue weighted by molar-refractivity contribution is 6.07. The van der Waals surface area contributed by atoms with Gasteiger partial charge in [0, 0.05) is 12.0 Å². The van der Waals surface area contributed by atoms with Crippen molar-refractivity contribution >= 4 is 18.0 Å². The number of aliphatic carboxylic acids is 1. The van der Waals surface area contributed by atoms with Gasteiger partial charge in [0.1, 0.15) is 6.04 Å². The molecular formula is C7H7NO5. The maximum atomic E-state index is 11.0. The molecule has 0 radical (unpaired) electrons. The molecule has 1 rings (SSSR count). The number of nitrogens with zero attached hydrogens (tertiary/aromatic N) is 1. The Labute approximate surface area is 73.1 Å². The summed E-state index contributed by atoms with van der Waals surface area (Å²) in [6.45, 7) is 3.28. The number of imide groups is 1. The monoisotopic (exact) mass is 185 g/mol. The van der Waals surface area contributed by atoms with E-state index in [1.807, 2.05) is 0 Å². The number of likely N-dealkylation sites (tertiary alicyclic amines) is 1. The number of hydrogen-bond donors (Lipinski definition) is 2. The molecule has 1 saturated heterocycles. The summed E-state index contributed by atoms with van der Waals surface area (Å²) in [7, 11) is 0. The van der Waals surface area contributed by atoms with E-state index in [4.69, 9.17) is 10.2 Å². The van der Waals surface area contributed by atoms with Crippen LogP contribution >= 0.6 is 0 Å². The standard InChI is InChI=1S/C7H7NO5/c1-3-2-4(6(10)11)8(5(3)9)7(12)13/h4H,1-2H2,(H,10,11)(H,12,13)/t4-/m1/s1. The Kier molecular flexibility index (Phi) is 2.05. The number of carboxylic acids is 1. The van der Waals surface area contributed by atoms with Crippen molar-refractivity contribution in [1.29, 1.82) is 0 Å². The van der Waals surface area contributed by atoms with Crippen molar-refractivity contribution in [2.75, 3.05) is 0 Å². The van der Waals surface area contributed by atoms with Gasteiger partial charge < -0.3 is 10.2 Å². The fraction of sp³-hybridized carbons (Fsp3) is 0.286. The minimum atomic E-state index is -1.56. The molecule has 1 aliphatic rings. The van der Waals surface area contributed by atoms with Crippen molar-refractivity contribution in [3.63, 3.8) is 0 Å². The highest BCUT2D eigenvalue weighted by atomic mass is 16.4. The number of hydrogen-bond acceptors (Lipinski definition) is 3. The highest BCUT2D eigenvalue weighted by Gasteiger charge is 2.42. The van der Waals surface area contributed by atoms with E-state index in [0.717, 1.165) is 0 Å². The van der Waals surface area contributed by atoms with Crippen LogP contribution in [-0.4, -0.2) is 39.1 Å². The van der Waals surface area contributed by atoms with Crippen molar-refractivity contribution in [3.05, 3.63) is 12.2 Å². The number of carbonyl (C=O) groups is 3. The third-order valence-corrected chi connectivity index (χ3v) is 1.76. The molecule has 6 heteroatoms. The van der Waals surface area contributed by atoms with Crippen LogP contribution in [0.4, 0.5) is 4.79 Å². The topological polar surface area (TPSA) is 94.9 Å². The van der Waals surface area contributed by atoms with Crippen LogP contribution in [0.2, 0.25) is 0 Å². The second-order valence-electron chi connectivity index (χ2n) is 2.62. The Morgan fingerprint density at radius 1 is 1.46 bits per heavy atom. The van der Waals surface area contributed by atoms with Gasteiger partial charge in [-0.3, -0.25) is 4.79 Å². The van der Waals surface area contributed by atoms with E-state index in [1.165, 1.54) is 0 Å². The second-order valence-corrected chi connectivity index (χ2v) is 2.62. The van der Waals surface area contributed by atoms with Crippen LogP contribution in [0.3, 0.4) is 0 Å². The number of amides is 2. The largest absolute Gasteiger partial charge is 0.480 e. The lowest BCUT2D eigenvalue weighted by atomic mass is 10.2. The summed E-state index contributed by atoms with van der Waals surface area (Å²) in [5.41, 5.74) is 0.00907. The average Bonchev–Trinajstić information content (AvgIpc) is 2.28. The molecule has 1 atom stereocenters. The first kappa shape index (κ1) is 9.24. The van der Waals surface area contributed by atoms with Crippen molar-refractivity contribution in [2.24, 2.45) is 0 Å². The summed E-state index contributed by atoms with van der Waals surface area (Å²) in [6.07, 6.45) is -1.70. The van der Waals surface area contributed by atoms with Gasteiger partial charge in [0.25, 0.3) is 5.91 Å². The highest BCUT2D eigenvalue weighted by Crippen LogP contribution is 2.22. The molecule has 1 fully saturated rings. The van der Waals surface area contributed by atoms with Gasteiger partial charge >= 0.3 is 12.1 Å². The van der Waals surface area contributed by atoms with Crippen LogP contribution in [0.1, 0.15) is 6.42 Å². The summed E-state index contributed by atoms with van der Waals surface area (Å²) in [5.74, 6) is -2.17. The van der Waals surface area contributed by atoms with Crippen LogP contribution < -0.4 is 0 Å². The minimum Gasteiger partial charge on any atom is -0.480 e. The molecule has 1 aliphatic heterocycles. The van der Waals surface area contributed by atoms with Crippen molar-refractivity contribution in [3.8, 4) is 0 Å². The third-order valence-electron chi connectivity index (χ3n) is 1.76. The second kappa shape index (κ2) is 2.89. The quantitative estimate of drug-likeness (QED) is 0.556. The van der Waals surface area contributed by atoms with E-state index in [1.54, 1.807) is 0 Å². The molecule has 70 valence electrons. The van der Waals surface area contributed by atoms with Crippen molar-refractivity contribution in [2.45, 2.75) is 12.5 Å². The molecule has 6 nitrogen and oxygen atoms in total. The Balaban J connectivity index is 3.00. The summed E-state index contributed by atoms with van der Waals surface area (Å²) >= 11 is 0. The van der Waals surface area contributed by atoms with Crippen molar-refractivity contribution in [1.82, 2.24) is 4.90 Å². The molecule has 0 bridgehead atoms. The van der Waals surface area contributed by atoms with E-state index < -0.39 is 24.0 Å². The number of rotatable bonds is 1. The van der Waals surface area contributed by atoms with Crippen LogP contribution in [0.25, 0.3) is 0 Å². The molecule has 0 aromatic heterocycles. The van der Waals surface area contributed by atoms with E-state index >= 15 is 0 Å². The lowest BCUT2D eigenvalue weighted by Crippen LogP contribution is -2.42. The molecule has 0 aromatic rings. The Hall–Kier alpha value is -1.85. The third kappa shape index (κ3) is 1.37. The first-order chi connectivity index (χ1) is 5.95. The maximum Gasteiger partial charge on any atom is 0.415 e. The van der Waals surface area contributed by atoms with Crippen LogP contribution in [0, 0.1) is 0 Å². The zero-order chi connectivity index (χ0) is 10.2. The van der Waals surface area contributed by atoms with Gasteiger partial charge in [0.2, 0.25) is 0 Å². The fourth-order valence-corrected chi connectivity index (χ4v) is 1.14. The molecule has 0 aliphatic carbocycles. The molecular weight excluding hydrogens is 178 g/mol. The first-order valence-corrected chi connectivity index (χ1v) is 3.42. The Morgan fingerprint density at radius 3 is 2.31 bits per heavy atom. The smallest absolute Gasteiger partial charge is 0.415 e. The molecule has 1 heterocycles. The number of carbonyl (C=O) groups excluding carboxylic acids is 1. The zero-order valence-corrected chi connectivity index (χ0v) is 6.56. The molecule has 0 aromatic carbocycles. The predicted octanol–water partition coefficient (Wildman–Crippen LogP) is -0.0939. The van der Waals surface area contributed by atoms with E-state index in [-0.39, 0.29) is 16.9 Å². The van der Waals surface area contributed by atoms with Gasteiger partial charge in [-0.05, 0) is 0 Å². The zero-order valence-electron chi connectivity index (χ0n) is 6.56. The Bertz CT molecular complexity index is 308. The molecule has 0 saturated carbocycles. The first-order valence-electron chi connectivity index (χ1n) is 3.42. The SMILES string of the molecule is C=C1C[C@H](C(=O)O)N(C(=O)O)C1=O. The van der Waals surface area contributed by atoms with Gasteiger partial charge in [0.05, 0.1) is 0 Å². The Morgan fingerprint density at radius 2 is 2.00 bits per heavy atom. The molecule has 2 N–H and O–H groups in total. The molecule has 0 spiro atoms. The predicted molar refractivity (Wildman–Crippen MR) is 40.1 cm³/mol. The van der Waals surface area contributed by atoms with Gasteiger partial charge in [-0.25, -0.2) is 14.5 Å². The summed E-state index contributed by atoms with van der Waals surface area (Å²) in [4.78, 5) is 32.3. The van der Waals surface area contributed by atoms with E-state index in [0.29, 0.717) is 0 Å². The molecule has 2 amide bonds. The minimum absolute atomic E-state index is 0.00907. The van der Waals surface area contributed by atoms with Gasteiger partial charge in [-0.15, -0.1) is 0 Å². The fourth-order valence-electron chi connectivity index (χ4n) is 1.14. The van der Waals surface area contributed by atoms with Gasteiger partial charge in [-0.1, -0.05) is 6.58 Å². The van der Waals surface area contributed by atoms with Gasteiger partial charge in [0.15, 0.2) is 0 Å². The average molecular weight is 185 g/mol. The summed E-state index contributed by atoms with van der Waals surface area (Å²) < 4.78 is 0. The van der Waals surface area contributed by atoms with Crippen molar-refractivity contribution < 1.29 is 24.6 Å². The van der Waals surface area contributed by atoms with Crippen LogP contribution in [0.5, 0.6) is 0 Å². The van der Waals surface area contributed by atoms with E-state index in [2.05, 4.69) is 6.58 Å². The van der Waals surface area contributed by atoms with Crippen LogP contribution in [-0.2, 0) is 9.59 Å². The number of carboxylic acid groups (broad SMARTS) is 2.